The molecular weight excluding hydrogens is 407 g/mol. The molecule has 2 fully saturated rings. The molecule has 3 atom stereocenters. The van der Waals surface area contributed by atoms with Gasteiger partial charge in [0, 0.05) is 37.4 Å². The van der Waals surface area contributed by atoms with Crippen molar-refractivity contribution in [3.8, 4) is 5.75 Å². The molecule has 2 aromatic rings. The van der Waals surface area contributed by atoms with Crippen LogP contribution >= 0.6 is 0 Å². The Bertz CT molecular complexity index is 991. The fourth-order valence-corrected chi connectivity index (χ4v) is 4.94. The van der Waals surface area contributed by atoms with Gasteiger partial charge in [-0.1, -0.05) is 6.07 Å². The second-order valence-electron chi connectivity index (χ2n) is 8.41. The molecule has 4 rings (SSSR count). The van der Waals surface area contributed by atoms with E-state index in [0.29, 0.717) is 6.54 Å². The Morgan fingerprint density at radius 1 is 1.13 bits per heavy atom. The summed E-state index contributed by atoms with van der Waals surface area (Å²) in [4.78, 5) is 20.5. The molecule has 1 amide bonds. The van der Waals surface area contributed by atoms with Crippen LogP contribution < -0.4 is 4.74 Å². The zero-order chi connectivity index (χ0) is 22.5. The topological polar surface area (TPSA) is 45.7 Å². The number of piperazine rings is 1. The van der Waals surface area contributed by atoms with Gasteiger partial charge in [-0.2, -0.15) is 13.2 Å². The number of likely N-dealkylation sites (tertiary alicyclic amines) is 2. The Kier molecular flexibility index (Phi) is 5.45. The van der Waals surface area contributed by atoms with Gasteiger partial charge in [-0.25, -0.2) is 0 Å². The lowest BCUT2D eigenvalue weighted by Gasteiger charge is -2.38. The van der Waals surface area contributed by atoms with Crippen molar-refractivity contribution in [1.29, 1.82) is 0 Å². The molecule has 0 spiro atoms. The van der Waals surface area contributed by atoms with E-state index in [1.54, 1.807) is 12.0 Å². The Morgan fingerprint density at radius 3 is 2.42 bits per heavy atom. The first kappa shape index (κ1) is 21.6. The lowest BCUT2D eigenvalue weighted by atomic mass is 9.96. The number of ether oxygens (including phenoxy) is 1. The summed E-state index contributed by atoms with van der Waals surface area (Å²) in [6, 6.07) is 6.67. The van der Waals surface area contributed by atoms with Crippen molar-refractivity contribution in [2.45, 2.75) is 51.5 Å². The number of halogens is 3. The zero-order valence-corrected chi connectivity index (χ0v) is 18.0. The molecule has 0 N–H and O–H groups in total. The standard InChI is InChI=1S/C23H26F3N3O2/c1-13-14(2)20(31-4)7-6-19(13)15(3)28-11-18-9-17(28)12-29(18)22(30)16-5-8-21(27-10-16)23(24,25)26/h5-8,10,15,17-18H,9,11-12H2,1-4H3/t15-,17+,18+/m0/s1. The van der Waals surface area contributed by atoms with E-state index in [1.807, 2.05) is 6.07 Å². The van der Waals surface area contributed by atoms with Crippen LogP contribution in [0.1, 0.15) is 52.1 Å². The van der Waals surface area contributed by atoms with E-state index >= 15 is 0 Å². The molecule has 0 unspecified atom stereocenters. The smallest absolute Gasteiger partial charge is 0.433 e. The van der Waals surface area contributed by atoms with E-state index < -0.39 is 11.9 Å². The minimum atomic E-state index is -4.51. The molecule has 166 valence electrons. The molecule has 0 aliphatic carbocycles. The van der Waals surface area contributed by atoms with Gasteiger partial charge in [-0.05, 0) is 62.1 Å². The molecule has 1 aromatic carbocycles. The lowest BCUT2D eigenvalue weighted by molar-refractivity contribution is -0.141. The highest BCUT2D eigenvalue weighted by atomic mass is 19.4. The Balaban J connectivity index is 1.46. The summed E-state index contributed by atoms with van der Waals surface area (Å²) in [5, 5.41) is 0. The van der Waals surface area contributed by atoms with E-state index in [1.165, 1.54) is 17.2 Å². The number of hydrogen-bond donors (Lipinski definition) is 0. The fraction of sp³-hybridized carbons (Fsp3) is 0.478. The molecule has 1 aromatic heterocycles. The third-order valence-electron chi connectivity index (χ3n) is 6.79. The Labute approximate surface area is 179 Å². The van der Waals surface area contributed by atoms with Crippen molar-refractivity contribution in [1.82, 2.24) is 14.8 Å². The summed E-state index contributed by atoms with van der Waals surface area (Å²) in [7, 11) is 1.67. The number of carbonyl (C=O) groups is 1. The summed E-state index contributed by atoms with van der Waals surface area (Å²) in [5.74, 6) is 0.621. The van der Waals surface area contributed by atoms with Crippen LogP contribution in [0.5, 0.6) is 5.75 Å². The van der Waals surface area contributed by atoms with Crippen LogP contribution in [0.25, 0.3) is 0 Å². The number of rotatable bonds is 4. The Morgan fingerprint density at radius 2 is 1.87 bits per heavy atom. The molecule has 31 heavy (non-hydrogen) atoms. The van der Waals surface area contributed by atoms with Gasteiger partial charge in [0.05, 0.1) is 12.7 Å². The molecule has 3 heterocycles. The number of nitrogens with zero attached hydrogens (tertiary/aromatic N) is 3. The Hall–Kier alpha value is -2.61. The van der Waals surface area contributed by atoms with E-state index in [4.69, 9.17) is 4.74 Å². The van der Waals surface area contributed by atoms with Gasteiger partial charge in [0.25, 0.3) is 5.91 Å². The van der Waals surface area contributed by atoms with E-state index in [2.05, 4.69) is 36.7 Å². The molecular formula is C23H26F3N3O2. The molecule has 0 radical (unpaired) electrons. The highest BCUT2D eigenvalue weighted by molar-refractivity contribution is 5.94. The van der Waals surface area contributed by atoms with Crippen molar-refractivity contribution in [3.63, 3.8) is 0 Å². The first-order valence-electron chi connectivity index (χ1n) is 10.4. The number of methoxy groups -OCH3 is 1. The van der Waals surface area contributed by atoms with Crippen LogP contribution in [0.4, 0.5) is 13.2 Å². The monoisotopic (exact) mass is 433 g/mol. The van der Waals surface area contributed by atoms with Crippen LogP contribution in [0, 0.1) is 13.8 Å². The summed E-state index contributed by atoms with van der Waals surface area (Å²) in [6.07, 6.45) is -2.61. The van der Waals surface area contributed by atoms with Gasteiger partial charge in [0.15, 0.2) is 0 Å². The maximum Gasteiger partial charge on any atom is 0.433 e. The molecule has 0 saturated carbocycles. The maximum absolute atomic E-state index is 12.9. The van der Waals surface area contributed by atoms with Crippen LogP contribution in [-0.2, 0) is 6.18 Å². The predicted octanol–water partition coefficient (Wildman–Crippen LogP) is 4.39. The SMILES string of the molecule is COc1ccc([C@H](C)N2C[C@H]3C[C@@H]2CN3C(=O)c2ccc(C(F)(F)F)nc2)c(C)c1C. The summed E-state index contributed by atoms with van der Waals surface area (Å²) < 4.78 is 43.6. The molecule has 2 aliphatic heterocycles. The summed E-state index contributed by atoms with van der Waals surface area (Å²) in [5.41, 5.74) is 2.79. The molecule has 2 aliphatic rings. The molecule has 8 heteroatoms. The van der Waals surface area contributed by atoms with Crippen molar-refractivity contribution in [2.24, 2.45) is 0 Å². The highest BCUT2D eigenvalue weighted by Gasteiger charge is 2.47. The van der Waals surface area contributed by atoms with Crippen LogP contribution in [0.2, 0.25) is 0 Å². The normalized spacial score (nSPS) is 22.1. The highest BCUT2D eigenvalue weighted by Crippen LogP contribution is 2.39. The van der Waals surface area contributed by atoms with Crippen LogP contribution in [-0.4, -0.2) is 53.0 Å². The van der Waals surface area contributed by atoms with Gasteiger partial charge in [-0.3, -0.25) is 14.7 Å². The molecule has 5 nitrogen and oxygen atoms in total. The van der Waals surface area contributed by atoms with E-state index in [-0.39, 0.29) is 29.6 Å². The number of amides is 1. The van der Waals surface area contributed by atoms with Gasteiger partial charge in [0.2, 0.25) is 0 Å². The number of hydrogen-bond acceptors (Lipinski definition) is 4. The van der Waals surface area contributed by atoms with Gasteiger partial charge in [-0.15, -0.1) is 0 Å². The van der Waals surface area contributed by atoms with Crippen molar-refractivity contribution in [3.05, 3.63) is 58.4 Å². The van der Waals surface area contributed by atoms with Crippen LogP contribution in [0.3, 0.4) is 0 Å². The molecule has 2 bridgehead atoms. The third-order valence-corrected chi connectivity index (χ3v) is 6.79. The lowest BCUT2D eigenvalue weighted by Crippen LogP contribution is -2.49. The minimum absolute atomic E-state index is 0.0573. The second kappa shape index (κ2) is 7.82. The summed E-state index contributed by atoms with van der Waals surface area (Å²) in [6.45, 7) is 7.66. The molecule has 2 saturated heterocycles. The zero-order valence-electron chi connectivity index (χ0n) is 18.0. The average Bonchev–Trinajstić information content (AvgIpc) is 3.35. The number of aromatic nitrogens is 1. The van der Waals surface area contributed by atoms with Crippen molar-refractivity contribution < 1.29 is 22.7 Å². The minimum Gasteiger partial charge on any atom is -0.496 e. The first-order chi connectivity index (χ1) is 14.6. The summed E-state index contributed by atoms with van der Waals surface area (Å²) >= 11 is 0. The number of alkyl halides is 3. The quantitative estimate of drug-likeness (QED) is 0.718. The average molecular weight is 433 g/mol. The van der Waals surface area contributed by atoms with E-state index in [9.17, 15) is 18.0 Å². The first-order valence-corrected chi connectivity index (χ1v) is 10.4. The predicted molar refractivity (Wildman–Crippen MR) is 110 cm³/mol. The second-order valence-corrected chi connectivity index (χ2v) is 8.41. The number of carbonyl (C=O) groups excluding carboxylic acids is 1. The van der Waals surface area contributed by atoms with E-state index in [0.717, 1.165) is 36.5 Å². The number of pyridine rings is 1. The van der Waals surface area contributed by atoms with Crippen LogP contribution in [0.15, 0.2) is 30.5 Å². The largest absolute Gasteiger partial charge is 0.496 e. The maximum atomic E-state index is 12.9. The van der Waals surface area contributed by atoms with Crippen molar-refractivity contribution >= 4 is 5.91 Å². The third kappa shape index (κ3) is 3.78. The number of benzene rings is 1. The van der Waals surface area contributed by atoms with Gasteiger partial charge < -0.3 is 9.64 Å². The van der Waals surface area contributed by atoms with Crippen molar-refractivity contribution in [2.75, 3.05) is 20.2 Å². The van der Waals surface area contributed by atoms with Gasteiger partial charge in [0.1, 0.15) is 11.4 Å². The number of fused-ring (bicyclic) bond motifs is 2. The van der Waals surface area contributed by atoms with Gasteiger partial charge >= 0.3 is 6.18 Å². The fourth-order valence-electron chi connectivity index (χ4n) is 4.94.